The molecule has 0 aliphatic heterocycles. The van der Waals surface area contributed by atoms with E-state index in [9.17, 15) is 4.79 Å². The number of carbonyl (C=O) groups excluding carboxylic acids is 1. The molecule has 1 aromatic carbocycles. The van der Waals surface area contributed by atoms with Crippen LogP contribution < -0.4 is 10.6 Å². The first-order valence-electron chi connectivity index (χ1n) is 11.0. The number of hydrogen-bond donors (Lipinski definition) is 2. The van der Waals surface area contributed by atoms with Crippen LogP contribution in [-0.2, 0) is 0 Å². The van der Waals surface area contributed by atoms with Gasteiger partial charge in [-0.3, -0.25) is 14.8 Å². The fourth-order valence-electron chi connectivity index (χ4n) is 3.70. The van der Waals surface area contributed by atoms with E-state index in [-0.39, 0.29) is 11.9 Å². The standard InChI is InChI=1S/C27H32N4O/c1-17(2)26-19(4)13-23(16-29-26)27(32)31-24-11-8-10-22(14-24)21(6)30-20(5)15-28-25-12-7-9-18(25)3/h7-8,10-17,21,30H,3,9H2,1-2,4-6H3,(H,31,32)/b20-15+,28-25?/t21-/m0/s1. The maximum absolute atomic E-state index is 12.7. The van der Waals surface area contributed by atoms with Crippen LogP contribution in [0.15, 0.2) is 77.7 Å². The van der Waals surface area contributed by atoms with Gasteiger partial charge in [-0.05, 0) is 74.1 Å². The van der Waals surface area contributed by atoms with Crippen LogP contribution in [0.2, 0.25) is 0 Å². The summed E-state index contributed by atoms with van der Waals surface area (Å²) < 4.78 is 0. The van der Waals surface area contributed by atoms with E-state index in [2.05, 4.69) is 54.0 Å². The van der Waals surface area contributed by atoms with Crippen LogP contribution in [0.25, 0.3) is 0 Å². The van der Waals surface area contributed by atoms with Gasteiger partial charge in [-0.25, -0.2) is 0 Å². The molecular formula is C27H32N4O. The van der Waals surface area contributed by atoms with E-state index in [4.69, 9.17) is 0 Å². The van der Waals surface area contributed by atoms with Crippen molar-refractivity contribution < 1.29 is 4.79 Å². The number of carbonyl (C=O) groups is 1. The summed E-state index contributed by atoms with van der Waals surface area (Å²) in [6.07, 6.45) is 8.40. The molecule has 0 bridgehead atoms. The zero-order valence-corrected chi connectivity index (χ0v) is 19.6. The maximum Gasteiger partial charge on any atom is 0.257 e. The van der Waals surface area contributed by atoms with Crippen molar-refractivity contribution in [3.05, 3.63) is 95.1 Å². The minimum atomic E-state index is -0.162. The van der Waals surface area contributed by atoms with Gasteiger partial charge < -0.3 is 10.6 Å². The summed E-state index contributed by atoms with van der Waals surface area (Å²) in [5, 5.41) is 6.44. The Morgan fingerprint density at radius 2 is 2.03 bits per heavy atom. The van der Waals surface area contributed by atoms with Crippen molar-refractivity contribution in [3.63, 3.8) is 0 Å². The highest BCUT2D eigenvalue weighted by Crippen LogP contribution is 2.21. The van der Waals surface area contributed by atoms with Gasteiger partial charge in [-0.15, -0.1) is 0 Å². The number of nitrogens with zero attached hydrogens (tertiary/aromatic N) is 2. The molecule has 1 amide bonds. The Morgan fingerprint density at radius 1 is 1.25 bits per heavy atom. The summed E-state index contributed by atoms with van der Waals surface area (Å²) in [5.74, 6) is 0.167. The number of nitrogens with one attached hydrogen (secondary N) is 2. The summed E-state index contributed by atoms with van der Waals surface area (Å²) in [5.41, 5.74) is 7.35. The third-order valence-corrected chi connectivity index (χ3v) is 5.42. The minimum absolute atomic E-state index is 0.0554. The molecule has 0 fully saturated rings. The third kappa shape index (κ3) is 5.82. The quantitative estimate of drug-likeness (QED) is 0.549. The van der Waals surface area contributed by atoms with E-state index in [1.165, 1.54) is 0 Å². The normalized spacial score (nSPS) is 16.0. The Hall–Kier alpha value is -3.47. The monoisotopic (exact) mass is 428 g/mol. The Kier molecular flexibility index (Phi) is 7.41. The number of anilines is 1. The topological polar surface area (TPSA) is 66.4 Å². The highest BCUT2D eigenvalue weighted by molar-refractivity contribution is 6.10. The molecule has 0 saturated carbocycles. The Labute approximate surface area is 191 Å². The number of pyridine rings is 1. The third-order valence-electron chi connectivity index (χ3n) is 5.42. The number of aliphatic imine (C=N–C) groups is 1. The molecule has 166 valence electrons. The van der Waals surface area contributed by atoms with E-state index < -0.39 is 0 Å². The van der Waals surface area contributed by atoms with Crippen molar-refractivity contribution in [2.75, 3.05) is 5.32 Å². The van der Waals surface area contributed by atoms with Gasteiger partial charge in [0.1, 0.15) is 0 Å². The predicted octanol–water partition coefficient (Wildman–Crippen LogP) is 6.23. The van der Waals surface area contributed by atoms with Crippen molar-refractivity contribution >= 4 is 17.3 Å². The summed E-state index contributed by atoms with van der Waals surface area (Å²) in [6.45, 7) is 14.3. The summed E-state index contributed by atoms with van der Waals surface area (Å²) in [4.78, 5) is 21.7. The first kappa shape index (κ1) is 23.2. The summed E-state index contributed by atoms with van der Waals surface area (Å²) in [6, 6.07) is 9.82. The highest BCUT2D eigenvalue weighted by Gasteiger charge is 2.12. The summed E-state index contributed by atoms with van der Waals surface area (Å²) in [7, 11) is 0. The zero-order chi connectivity index (χ0) is 23.3. The second kappa shape index (κ2) is 10.2. The van der Waals surface area contributed by atoms with E-state index in [0.717, 1.165) is 45.9 Å². The molecule has 5 nitrogen and oxygen atoms in total. The van der Waals surface area contributed by atoms with Gasteiger partial charge in [0.05, 0.1) is 11.3 Å². The van der Waals surface area contributed by atoms with Gasteiger partial charge in [0.15, 0.2) is 0 Å². The molecule has 5 heteroatoms. The number of aryl methyl sites for hydroxylation is 1. The van der Waals surface area contributed by atoms with Crippen molar-refractivity contribution in [2.24, 2.45) is 4.99 Å². The van der Waals surface area contributed by atoms with Gasteiger partial charge in [-0.2, -0.15) is 0 Å². The molecular weight excluding hydrogens is 396 g/mol. The Bertz CT molecular complexity index is 1110. The molecule has 1 aromatic heterocycles. The fourth-order valence-corrected chi connectivity index (χ4v) is 3.70. The number of aromatic nitrogens is 1. The minimum Gasteiger partial charge on any atom is -0.381 e. The lowest BCUT2D eigenvalue weighted by Crippen LogP contribution is -2.17. The second-order valence-electron chi connectivity index (χ2n) is 8.56. The van der Waals surface area contributed by atoms with Crippen LogP contribution in [0, 0.1) is 6.92 Å². The molecule has 0 spiro atoms. The lowest BCUT2D eigenvalue weighted by Gasteiger charge is -2.17. The van der Waals surface area contributed by atoms with Gasteiger partial charge in [0.2, 0.25) is 0 Å². The van der Waals surface area contributed by atoms with Crippen molar-refractivity contribution in [1.29, 1.82) is 0 Å². The molecule has 0 radical (unpaired) electrons. The van der Waals surface area contributed by atoms with Crippen LogP contribution in [-0.4, -0.2) is 16.6 Å². The van der Waals surface area contributed by atoms with Crippen LogP contribution in [0.4, 0.5) is 5.69 Å². The van der Waals surface area contributed by atoms with E-state index >= 15 is 0 Å². The first-order valence-corrected chi connectivity index (χ1v) is 11.0. The largest absolute Gasteiger partial charge is 0.381 e. The first-order chi connectivity index (χ1) is 15.2. The second-order valence-corrected chi connectivity index (χ2v) is 8.56. The van der Waals surface area contributed by atoms with Gasteiger partial charge >= 0.3 is 0 Å². The Balaban J connectivity index is 1.67. The predicted molar refractivity (Wildman–Crippen MR) is 133 cm³/mol. The average Bonchev–Trinajstić information content (AvgIpc) is 3.16. The lowest BCUT2D eigenvalue weighted by molar-refractivity contribution is 0.102. The molecule has 2 aromatic rings. The van der Waals surface area contributed by atoms with Gasteiger partial charge in [-0.1, -0.05) is 38.6 Å². The Morgan fingerprint density at radius 3 is 2.69 bits per heavy atom. The average molecular weight is 429 g/mol. The van der Waals surface area contributed by atoms with Crippen molar-refractivity contribution in [2.45, 2.75) is 53.0 Å². The molecule has 1 atom stereocenters. The number of hydrogen-bond acceptors (Lipinski definition) is 4. The van der Waals surface area contributed by atoms with Gasteiger partial charge in [0, 0.05) is 35.5 Å². The molecule has 1 aliphatic carbocycles. The molecule has 1 aliphatic rings. The molecule has 0 unspecified atom stereocenters. The van der Waals surface area contributed by atoms with E-state index in [1.807, 2.05) is 56.5 Å². The van der Waals surface area contributed by atoms with Crippen molar-refractivity contribution in [3.8, 4) is 0 Å². The van der Waals surface area contributed by atoms with Crippen LogP contribution in [0.3, 0.4) is 0 Å². The van der Waals surface area contributed by atoms with Crippen LogP contribution in [0.5, 0.6) is 0 Å². The summed E-state index contributed by atoms with van der Waals surface area (Å²) >= 11 is 0. The fraction of sp³-hybridized carbons (Fsp3) is 0.296. The highest BCUT2D eigenvalue weighted by atomic mass is 16.1. The molecule has 32 heavy (non-hydrogen) atoms. The number of allylic oxidation sites excluding steroid dienone is 4. The van der Waals surface area contributed by atoms with Crippen molar-refractivity contribution in [1.82, 2.24) is 10.3 Å². The molecule has 2 N–H and O–H groups in total. The maximum atomic E-state index is 12.7. The zero-order valence-electron chi connectivity index (χ0n) is 19.6. The molecule has 1 heterocycles. The molecule has 0 saturated heterocycles. The SMILES string of the molecule is C=C1CC=CC1=N/C=C(\C)N[C@@H](C)c1cccc(NC(=O)c2cnc(C(C)C)c(C)c2)c1. The van der Waals surface area contributed by atoms with Crippen LogP contribution >= 0.6 is 0 Å². The molecule has 3 rings (SSSR count). The van der Waals surface area contributed by atoms with Gasteiger partial charge in [0.25, 0.3) is 5.91 Å². The number of benzene rings is 1. The lowest BCUT2D eigenvalue weighted by atomic mass is 10.0. The van der Waals surface area contributed by atoms with E-state index in [0.29, 0.717) is 11.5 Å². The smallest absolute Gasteiger partial charge is 0.257 e. The number of amides is 1. The number of rotatable bonds is 7. The van der Waals surface area contributed by atoms with E-state index in [1.54, 1.807) is 6.20 Å². The van der Waals surface area contributed by atoms with Crippen LogP contribution in [0.1, 0.15) is 73.3 Å².